The summed E-state index contributed by atoms with van der Waals surface area (Å²) in [6.07, 6.45) is -0.329. The Morgan fingerprint density at radius 2 is 2.00 bits per heavy atom. The Morgan fingerprint density at radius 3 is 2.70 bits per heavy atom. The molecule has 3 aliphatic rings. The molecule has 0 saturated carbocycles. The third-order valence-electron chi connectivity index (χ3n) is 9.28. The molecule has 3 aromatic rings. The molecule has 4 amide bonds. The summed E-state index contributed by atoms with van der Waals surface area (Å²) in [7, 11) is 0. The minimum absolute atomic E-state index is 0.0307. The Hall–Kier alpha value is -5.05. The zero-order chi connectivity index (χ0) is 33.1. The molecule has 0 radical (unpaired) electrons. The first-order valence-corrected chi connectivity index (χ1v) is 15.0. The predicted molar refractivity (Wildman–Crippen MR) is 160 cm³/mol. The number of halogens is 1. The Balaban J connectivity index is 1.46. The molecule has 1 aliphatic carbocycles. The van der Waals surface area contributed by atoms with E-state index >= 15 is 4.39 Å². The van der Waals surface area contributed by atoms with Gasteiger partial charge >= 0.3 is 18.1 Å². The van der Waals surface area contributed by atoms with Crippen molar-refractivity contribution in [2.75, 3.05) is 6.54 Å². The van der Waals surface area contributed by atoms with E-state index in [0.29, 0.717) is 51.8 Å². The van der Waals surface area contributed by atoms with Crippen molar-refractivity contribution in [1.82, 2.24) is 25.5 Å². The Kier molecular flexibility index (Phi) is 7.66. The number of primary amides is 1. The highest BCUT2D eigenvalue weighted by atomic mass is 19.1. The zero-order valence-corrected chi connectivity index (χ0v) is 25.2. The number of aryl methyl sites for hydroxylation is 1. The van der Waals surface area contributed by atoms with Crippen molar-refractivity contribution in [3.63, 3.8) is 0 Å². The van der Waals surface area contributed by atoms with Crippen LogP contribution >= 0.6 is 0 Å². The molecule has 242 valence electrons. The van der Waals surface area contributed by atoms with Crippen molar-refractivity contribution in [2.24, 2.45) is 5.73 Å². The van der Waals surface area contributed by atoms with E-state index in [2.05, 4.69) is 16.0 Å². The summed E-state index contributed by atoms with van der Waals surface area (Å²) in [5, 5.41) is 28.9. The van der Waals surface area contributed by atoms with Gasteiger partial charge in [0.2, 0.25) is 5.91 Å². The second-order valence-electron chi connectivity index (χ2n) is 11.8. The van der Waals surface area contributed by atoms with Gasteiger partial charge in [-0.15, -0.1) is 0 Å². The van der Waals surface area contributed by atoms with Crippen molar-refractivity contribution in [2.45, 2.75) is 76.8 Å². The number of hydrogen-bond donors (Lipinski definition) is 6. The molecule has 0 fully saturated rings. The lowest BCUT2D eigenvalue weighted by molar-refractivity contribution is -0.172. The monoisotopic (exact) mass is 636 g/mol. The van der Waals surface area contributed by atoms with Crippen LogP contribution in [0.1, 0.15) is 72.0 Å². The summed E-state index contributed by atoms with van der Waals surface area (Å²) in [5.41, 5.74) is 6.33. The van der Waals surface area contributed by atoms with Crippen LogP contribution in [-0.4, -0.2) is 56.4 Å². The van der Waals surface area contributed by atoms with Gasteiger partial charge in [0.1, 0.15) is 18.5 Å². The van der Waals surface area contributed by atoms with Crippen molar-refractivity contribution >= 4 is 34.9 Å². The van der Waals surface area contributed by atoms with E-state index < -0.39 is 53.1 Å². The molecule has 15 heteroatoms. The highest BCUT2D eigenvalue weighted by molar-refractivity contribution is 5.94. The van der Waals surface area contributed by atoms with Crippen LogP contribution in [0.25, 0.3) is 22.3 Å². The van der Waals surface area contributed by atoms with Crippen molar-refractivity contribution in [1.29, 1.82) is 0 Å². The number of urea groups is 1. The molecule has 46 heavy (non-hydrogen) atoms. The molecular weight excluding hydrogens is 603 g/mol. The summed E-state index contributed by atoms with van der Waals surface area (Å²) in [5.74, 6) is -1.91. The quantitative estimate of drug-likeness (QED) is 0.122. The molecule has 4 heterocycles. The third-order valence-corrected chi connectivity index (χ3v) is 9.28. The van der Waals surface area contributed by atoms with Crippen LogP contribution in [0.2, 0.25) is 0 Å². The number of hydrogen-bond acceptors (Lipinski definition) is 8. The van der Waals surface area contributed by atoms with E-state index in [1.165, 1.54) is 10.6 Å². The highest BCUT2D eigenvalue weighted by Gasteiger charge is 2.46. The number of carboxylic acid groups (broad SMARTS) is 1. The average molecular weight is 637 g/mol. The number of nitrogens with zero attached hydrogens (tertiary/aromatic N) is 2. The zero-order valence-electron chi connectivity index (χ0n) is 25.2. The van der Waals surface area contributed by atoms with E-state index in [-0.39, 0.29) is 50.1 Å². The van der Waals surface area contributed by atoms with E-state index in [9.17, 15) is 34.2 Å². The van der Waals surface area contributed by atoms with E-state index in [1.807, 2.05) is 0 Å². The van der Waals surface area contributed by atoms with Crippen LogP contribution in [0.15, 0.2) is 16.9 Å². The first-order valence-electron chi connectivity index (χ1n) is 15.0. The fraction of sp³-hybridized carbons (Fsp3) is 0.419. The number of rotatable bonds is 8. The molecular formula is C31H33FN6O8. The summed E-state index contributed by atoms with van der Waals surface area (Å²) in [6, 6.07) is 0.330. The number of aromatic nitrogens is 2. The number of pyridine rings is 2. The minimum atomic E-state index is -2.03. The molecule has 2 aliphatic heterocycles. The number of nitrogens with two attached hydrogens (primary N) is 1. The lowest BCUT2D eigenvalue weighted by Crippen LogP contribution is -2.48. The normalized spacial score (nSPS) is 19.8. The van der Waals surface area contributed by atoms with E-state index in [4.69, 9.17) is 15.5 Å². The van der Waals surface area contributed by atoms with Gasteiger partial charge in [-0.2, -0.15) is 0 Å². The minimum Gasteiger partial charge on any atom is -0.465 e. The van der Waals surface area contributed by atoms with Crippen molar-refractivity contribution in [3.8, 4) is 11.4 Å². The number of fused-ring (bicyclic) bond motifs is 5. The van der Waals surface area contributed by atoms with Gasteiger partial charge in [-0.1, -0.05) is 6.92 Å². The Labute approximate surface area is 261 Å². The van der Waals surface area contributed by atoms with Gasteiger partial charge in [0.05, 0.1) is 35.1 Å². The molecule has 6 rings (SSSR count). The molecule has 3 atom stereocenters. The second kappa shape index (κ2) is 11.4. The molecule has 14 nitrogen and oxygen atoms in total. The summed E-state index contributed by atoms with van der Waals surface area (Å²) < 4.78 is 21.8. The van der Waals surface area contributed by atoms with Gasteiger partial charge in [-0.25, -0.2) is 23.8 Å². The lowest BCUT2D eigenvalue weighted by Gasteiger charge is -2.31. The molecule has 1 aromatic carbocycles. The van der Waals surface area contributed by atoms with E-state index in [0.717, 1.165) is 5.56 Å². The van der Waals surface area contributed by atoms with Gasteiger partial charge in [-0.3, -0.25) is 9.59 Å². The van der Waals surface area contributed by atoms with Gasteiger partial charge in [0, 0.05) is 29.1 Å². The first-order chi connectivity index (χ1) is 21.8. The number of benzene rings is 1. The molecule has 0 spiro atoms. The standard InChI is InChI=1S/C31H33FN6O8/c1-3-31(45)17-9-22-25-15(11-38(22)27(40)16(17)12-46-28(31)41)24-19(7-6-14-13(2)18(32)10-21(35-25)23(14)24)36-26(39)20(37-30(43)44)5-4-8-34-29(33)42/h9-10,19-20,37,45H,3-8,11-12H2,1-2H3,(H,36,39)(H,43,44)(H3,33,34,42)/t19-,20+,31-/m0/s1. The molecule has 7 N–H and O–H groups in total. The van der Waals surface area contributed by atoms with Gasteiger partial charge in [0.15, 0.2) is 5.60 Å². The topological polar surface area (TPSA) is 215 Å². The number of carbonyl (C=O) groups excluding carboxylic acids is 3. The summed E-state index contributed by atoms with van der Waals surface area (Å²) >= 11 is 0. The van der Waals surface area contributed by atoms with Gasteiger partial charge < -0.3 is 41.2 Å². The lowest BCUT2D eigenvalue weighted by atomic mass is 9.81. The number of nitrogens with one attached hydrogen (secondary N) is 3. The Morgan fingerprint density at radius 1 is 1.24 bits per heavy atom. The van der Waals surface area contributed by atoms with Crippen LogP contribution in [0, 0.1) is 12.7 Å². The molecule has 0 unspecified atom stereocenters. The number of ether oxygens (including phenoxy) is 1. The first kappa shape index (κ1) is 31.0. The maximum Gasteiger partial charge on any atom is 0.405 e. The predicted octanol–water partition coefficient (Wildman–Crippen LogP) is 1.72. The smallest absolute Gasteiger partial charge is 0.405 e. The Bertz CT molecular complexity index is 1910. The van der Waals surface area contributed by atoms with Crippen LogP contribution in [0.5, 0.6) is 0 Å². The van der Waals surface area contributed by atoms with E-state index in [1.54, 1.807) is 19.9 Å². The van der Waals surface area contributed by atoms with Crippen LogP contribution in [-0.2, 0) is 39.5 Å². The largest absolute Gasteiger partial charge is 0.465 e. The summed E-state index contributed by atoms with van der Waals surface area (Å²) in [6.45, 7) is 3.18. The highest BCUT2D eigenvalue weighted by Crippen LogP contribution is 2.46. The van der Waals surface area contributed by atoms with Crippen LogP contribution in [0.3, 0.4) is 0 Å². The molecule has 0 saturated heterocycles. The number of esters is 1. The average Bonchev–Trinajstić information content (AvgIpc) is 3.38. The second-order valence-corrected chi connectivity index (χ2v) is 11.8. The van der Waals surface area contributed by atoms with Crippen LogP contribution in [0.4, 0.5) is 14.0 Å². The van der Waals surface area contributed by atoms with Crippen LogP contribution < -0.4 is 27.2 Å². The van der Waals surface area contributed by atoms with Crippen molar-refractivity contribution < 1.29 is 38.5 Å². The third kappa shape index (κ3) is 4.90. The fourth-order valence-electron chi connectivity index (χ4n) is 6.91. The molecule has 2 aromatic heterocycles. The maximum atomic E-state index is 15.2. The number of aliphatic hydroxyl groups is 1. The van der Waals surface area contributed by atoms with Gasteiger partial charge in [0.25, 0.3) is 5.56 Å². The van der Waals surface area contributed by atoms with Gasteiger partial charge in [-0.05, 0) is 61.8 Å². The van der Waals surface area contributed by atoms with Crippen molar-refractivity contribution in [3.05, 3.63) is 61.7 Å². The summed E-state index contributed by atoms with van der Waals surface area (Å²) in [4.78, 5) is 67.3. The SMILES string of the molecule is CC[C@@]1(O)C(=O)OCc2c1cc1n(c2=O)Cc2c-1nc1cc(F)c(C)c3c1c2[C@@H](NC(=O)[C@@H](CCCNC(N)=O)NC(=O)O)CC3. The fourth-order valence-corrected chi connectivity index (χ4v) is 6.91. The number of carbonyl (C=O) groups is 4. The number of cyclic esters (lactones) is 1. The number of amides is 4. The molecule has 0 bridgehead atoms. The maximum absolute atomic E-state index is 15.2.